The van der Waals surface area contributed by atoms with Crippen LogP contribution in [-0.2, 0) is 9.59 Å². The molecule has 0 bridgehead atoms. The minimum Gasteiger partial charge on any atom is -0.339 e. The van der Waals surface area contributed by atoms with Gasteiger partial charge in [0.25, 0.3) is 0 Å². The average Bonchev–Trinajstić information content (AvgIpc) is 2.63. The summed E-state index contributed by atoms with van der Waals surface area (Å²) in [5, 5.41) is 2.20. The molecule has 27 heavy (non-hydrogen) atoms. The van der Waals surface area contributed by atoms with Crippen molar-refractivity contribution in [3.63, 3.8) is 0 Å². The monoisotopic (exact) mass is 385 g/mol. The van der Waals surface area contributed by atoms with Crippen molar-refractivity contribution < 1.29 is 22.8 Å². The summed E-state index contributed by atoms with van der Waals surface area (Å²) in [6.45, 7) is 2.43. The summed E-state index contributed by atoms with van der Waals surface area (Å²) in [6.07, 6.45) is 5.43. The number of hydrogen-bond acceptors (Lipinski definition) is 3. The molecule has 2 amide bonds. The van der Waals surface area contributed by atoms with Crippen molar-refractivity contribution in [2.45, 2.75) is 45.1 Å². The van der Waals surface area contributed by atoms with E-state index >= 15 is 0 Å². The molecule has 150 valence electrons. The molecule has 0 aromatic heterocycles. The SMILES string of the molecule is CCN(C(=O)CN(C)CC(=O)Nc1ccc(F)c(F)c1F)C1CCCCC1. The lowest BCUT2D eigenvalue weighted by molar-refractivity contribution is -0.135. The first-order valence-corrected chi connectivity index (χ1v) is 9.24. The number of carbonyl (C=O) groups excluding carboxylic acids is 2. The van der Waals surface area contributed by atoms with Crippen LogP contribution in [0, 0.1) is 17.5 Å². The summed E-state index contributed by atoms with van der Waals surface area (Å²) < 4.78 is 39.8. The molecule has 1 aliphatic rings. The molecule has 5 nitrogen and oxygen atoms in total. The Bertz CT molecular complexity index is 678. The first-order chi connectivity index (χ1) is 12.8. The standard InChI is InChI=1S/C19H26F3N3O2/c1-3-25(13-7-5-4-6-8-13)17(27)12-24(2)11-16(26)23-15-10-9-14(20)18(21)19(15)22/h9-10,13H,3-8,11-12H2,1-2H3,(H,23,26). The zero-order valence-corrected chi connectivity index (χ0v) is 15.7. The molecule has 0 radical (unpaired) electrons. The second-order valence-corrected chi connectivity index (χ2v) is 6.91. The van der Waals surface area contributed by atoms with Gasteiger partial charge in [0.05, 0.1) is 18.8 Å². The number of amides is 2. The van der Waals surface area contributed by atoms with E-state index in [0.717, 1.165) is 37.8 Å². The molecule has 8 heteroatoms. The van der Waals surface area contributed by atoms with Crippen LogP contribution in [-0.4, -0.2) is 54.3 Å². The van der Waals surface area contributed by atoms with Crippen LogP contribution in [0.4, 0.5) is 18.9 Å². The maximum absolute atomic E-state index is 13.6. The van der Waals surface area contributed by atoms with E-state index in [4.69, 9.17) is 0 Å². The summed E-state index contributed by atoms with van der Waals surface area (Å²) in [7, 11) is 1.60. The van der Waals surface area contributed by atoms with Crippen LogP contribution >= 0.6 is 0 Å². The molecule has 0 unspecified atom stereocenters. The Morgan fingerprint density at radius 2 is 1.74 bits per heavy atom. The molecule has 1 saturated carbocycles. The van der Waals surface area contributed by atoms with Gasteiger partial charge in [-0.1, -0.05) is 19.3 Å². The molecule has 0 spiro atoms. The Balaban J connectivity index is 1.88. The highest BCUT2D eigenvalue weighted by atomic mass is 19.2. The summed E-state index contributed by atoms with van der Waals surface area (Å²) in [4.78, 5) is 28.0. The smallest absolute Gasteiger partial charge is 0.238 e. The summed E-state index contributed by atoms with van der Waals surface area (Å²) in [5.74, 6) is -5.08. The van der Waals surface area contributed by atoms with E-state index < -0.39 is 29.0 Å². The number of nitrogens with one attached hydrogen (secondary N) is 1. The zero-order valence-electron chi connectivity index (χ0n) is 15.7. The lowest BCUT2D eigenvalue weighted by Gasteiger charge is -2.34. The average molecular weight is 385 g/mol. The molecule has 0 atom stereocenters. The molecule has 1 fully saturated rings. The van der Waals surface area contributed by atoms with Crippen LogP contribution in [0.25, 0.3) is 0 Å². The molecule has 1 aromatic rings. The van der Waals surface area contributed by atoms with Crippen molar-refractivity contribution in [1.29, 1.82) is 0 Å². The number of halogens is 3. The number of carbonyl (C=O) groups is 2. The lowest BCUT2D eigenvalue weighted by atomic mass is 9.94. The van der Waals surface area contributed by atoms with Crippen molar-refractivity contribution in [1.82, 2.24) is 9.80 Å². The van der Waals surface area contributed by atoms with Crippen molar-refractivity contribution in [2.24, 2.45) is 0 Å². The highest BCUT2D eigenvalue weighted by Gasteiger charge is 2.25. The Morgan fingerprint density at radius 3 is 2.37 bits per heavy atom. The third-order valence-corrected chi connectivity index (χ3v) is 4.80. The molecule has 0 aliphatic heterocycles. The highest BCUT2D eigenvalue weighted by molar-refractivity contribution is 5.92. The normalized spacial score (nSPS) is 15.0. The molecule has 1 aliphatic carbocycles. The van der Waals surface area contributed by atoms with E-state index in [1.54, 1.807) is 7.05 Å². The van der Waals surface area contributed by atoms with Crippen molar-refractivity contribution >= 4 is 17.5 Å². The summed E-state index contributed by atoms with van der Waals surface area (Å²) in [6, 6.07) is 1.94. The Hall–Kier alpha value is -2.09. The van der Waals surface area contributed by atoms with E-state index in [-0.39, 0.29) is 25.0 Å². The molecular formula is C19H26F3N3O2. The van der Waals surface area contributed by atoms with E-state index in [1.807, 2.05) is 11.8 Å². The number of benzene rings is 1. The van der Waals surface area contributed by atoms with Crippen LogP contribution in [0.2, 0.25) is 0 Å². The van der Waals surface area contributed by atoms with Crippen LogP contribution in [0.3, 0.4) is 0 Å². The second kappa shape index (κ2) is 9.73. The predicted octanol–water partition coefficient (Wildman–Crippen LogP) is 3.16. The number of nitrogens with zero attached hydrogens (tertiary/aromatic N) is 2. The Kier molecular flexibility index (Phi) is 7.65. The van der Waals surface area contributed by atoms with Gasteiger partial charge in [0.1, 0.15) is 0 Å². The van der Waals surface area contributed by atoms with Crippen molar-refractivity contribution in [3.8, 4) is 0 Å². The number of rotatable bonds is 7. The highest BCUT2D eigenvalue weighted by Crippen LogP contribution is 2.23. The van der Waals surface area contributed by atoms with Gasteiger partial charge in [-0.15, -0.1) is 0 Å². The topological polar surface area (TPSA) is 52.7 Å². The first-order valence-electron chi connectivity index (χ1n) is 9.24. The van der Waals surface area contributed by atoms with E-state index in [0.29, 0.717) is 6.54 Å². The first kappa shape index (κ1) is 21.2. The van der Waals surface area contributed by atoms with Gasteiger partial charge in [0.15, 0.2) is 17.5 Å². The van der Waals surface area contributed by atoms with Gasteiger partial charge < -0.3 is 10.2 Å². The summed E-state index contributed by atoms with van der Waals surface area (Å²) in [5.41, 5.74) is -0.434. The Morgan fingerprint density at radius 1 is 1.07 bits per heavy atom. The Labute approximate surface area is 157 Å². The lowest BCUT2D eigenvalue weighted by Crippen LogP contribution is -2.46. The minimum atomic E-state index is -1.64. The molecule has 2 rings (SSSR count). The molecule has 1 N–H and O–H groups in total. The number of likely N-dealkylation sites (N-methyl/N-ethyl adjacent to an activating group) is 2. The molecule has 0 saturated heterocycles. The van der Waals surface area contributed by atoms with Gasteiger partial charge in [-0.25, -0.2) is 13.2 Å². The predicted molar refractivity (Wildman–Crippen MR) is 96.7 cm³/mol. The van der Waals surface area contributed by atoms with Gasteiger partial charge in [-0.3, -0.25) is 14.5 Å². The van der Waals surface area contributed by atoms with Crippen LogP contribution in [0.15, 0.2) is 12.1 Å². The van der Waals surface area contributed by atoms with Gasteiger partial charge in [-0.05, 0) is 38.9 Å². The summed E-state index contributed by atoms with van der Waals surface area (Å²) >= 11 is 0. The fraction of sp³-hybridized carbons (Fsp3) is 0.579. The fourth-order valence-electron chi connectivity index (χ4n) is 3.47. The second-order valence-electron chi connectivity index (χ2n) is 6.91. The van der Waals surface area contributed by atoms with Crippen LogP contribution in [0.1, 0.15) is 39.0 Å². The third kappa shape index (κ3) is 5.69. The van der Waals surface area contributed by atoms with Crippen molar-refractivity contribution in [2.75, 3.05) is 32.0 Å². The maximum Gasteiger partial charge on any atom is 0.238 e. The van der Waals surface area contributed by atoms with E-state index in [1.165, 1.54) is 11.3 Å². The van der Waals surface area contributed by atoms with Gasteiger partial charge in [0.2, 0.25) is 11.8 Å². The van der Waals surface area contributed by atoms with Gasteiger partial charge in [0, 0.05) is 12.6 Å². The van der Waals surface area contributed by atoms with E-state index in [2.05, 4.69) is 5.32 Å². The number of hydrogen-bond donors (Lipinski definition) is 1. The van der Waals surface area contributed by atoms with Gasteiger partial charge >= 0.3 is 0 Å². The van der Waals surface area contributed by atoms with E-state index in [9.17, 15) is 22.8 Å². The minimum absolute atomic E-state index is 0.0536. The fourth-order valence-corrected chi connectivity index (χ4v) is 3.47. The molecular weight excluding hydrogens is 359 g/mol. The largest absolute Gasteiger partial charge is 0.339 e. The van der Waals surface area contributed by atoms with Crippen LogP contribution in [0.5, 0.6) is 0 Å². The molecule has 0 heterocycles. The molecule has 1 aromatic carbocycles. The maximum atomic E-state index is 13.6. The van der Waals surface area contributed by atoms with Crippen molar-refractivity contribution in [3.05, 3.63) is 29.6 Å². The quantitative estimate of drug-likeness (QED) is 0.734. The van der Waals surface area contributed by atoms with Crippen LogP contribution < -0.4 is 5.32 Å². The zero-order chi connectivity index (χ0) is 20.0. The number of anilines is 1. The third-order valence-electron chi connectivity index (χ3n) is 4.80. The van der Waals surface area contributed by atoms with Gasteiger partial charge in [-0.2, -0.15) is 0 Å².